The number of hydrogen-bond acceptors (Lipinski definition) is 28. The van der Waals surface area contributed by atoms with Crippen LogP contribution in [0.25, 0.3) is 105 Å². The molecule has 0 saturated heterocycles. The first-order chi connectivity index (χ1) is 62.8. The van der Waals surface area contributed by atoms with Gasteiger partial charge in [-0.25, -0.2) is 44.6 Å². The van der Waals surface area contributed by atoms with Crippen molar-refractivity contribution in [3.63, 3.8) is 0 Å². The molecule has 10 aromatic heterocycles. The predicted molar refractivity (Wildman–Crippen MR) is 534 cm³/mol. The Morgan fingerprint density at radius 2 is 0.893 bits per heavy atom. The monoisotopic (exact) mass is 1910 g/mol. The first-order valence-corrected chi connectivity index (χ1v) is 47.9. The Morgan fingerprint density at radius 1 is 0.435 bits per heavy atom. The molecule has 3 N–H and O–H groups in total. The van der Waals surface area contributed by atoms with Gasteiger partial charge in [0.2, 0.25) is 0 Å². The second-order valence-electron chi connectivity index (χ2n) is 32.7. The smallest absolute Gasteiger partial charge is 0.295 e. The molecule has 131 heavy (non-hydrogen) atoms. The second kappa shape index (κ2) is 45.8. The largest absolute Gasteiger partial charge is 0.495 e. The van der Waals surface area contributed by atoms with Crippen LogP contribution >= 0.6 is 80.4 Å². The minimum Gasteiger partial charge on any atom is -0.495 e. The Kier molecular flexibility index (Phi) is 34.5. The van der Waals surface area contributed by atoms with Crippen LogP contribution in [0.15, 0.2) is 131 Å². The summed E-state index contributed by atoms with van der Waals surface area (Å²) in [6.07, 6.45) is 8.75. The first kappa shape index (κ1) is 98.8. The van der Waals surface area contributed by atoms with Crippen LogP contribution in [-0.4, -0.2) is 144 Å². The van der Waals surface area contributed by atoms with Crippen molar-refractivity contribution in [2.24, 2.45) is 0 Å². The van der Waals surface area contributed by atoms with Crippen LogP contribution in [0.2, 0.25) is 20.1 Å². The first-order valence-electron chi connectivity index (χ1n) is 43.8. The Labute approximate surface area is 797 Å². The molecule has 0 spiro atoms. The molecule has 0 atom stereocenters. The van der Waals surface area contributed by atoms with Crippen LogP contribution in [0.4, 0.5) is 17.0 Å². The molecule has 1 fully saturated rings. The van der Waals surface area contributed by atoms with Gasteiger partial charge in [0.25, 0.3) is 11.2 Å². The number of oxazole rings is 1. The number of nitrogens with zero attached hydrogens (tertiary/aromatic N) is 11. The molecule has 0 amide bonds. The maximum atomic E-state index is 6.63. The molecule has 10 heterocycles. The molecule has 33 heteroatoms. The maximum absolute atomic E-state index is 6.63. The quantitative estimate of drug-likeness (QED) is 0.0344. The Balaban J connectivity index is 0.000000148. The topological polar surface area (TPSA) is 285 Å². The average Bonchev–Trinajstić information content (AvgIpc) is 1.75. The van der Waals surface area contributed by atoms with Crippen LogP contribution in [-0.2, 0) is 0 Å². The van der Waals surface area contributed by atoms with Crippen molar-refractivity contribution in [1.29, 1.82) is 0 Å². The number of thiazole rings is 3. The highest BCUT2D eigenvalue weighted by atomic mass is 35.5. The number of benzene rings is 5. The summed E-state index contributed by atoms with van der Waals surface area (Å²) in [6, 6.07) is 34.1. The summed E-state index contributed by atoms with van der Waals surface area (Å²) in [5.74, 6) is 8.46. The van der Waals surface area contributed by atoms with Gasteiger partial charge in [-0.2, -0.15) is 4.98 Å². The molecule has 15 aromatic rings. The van der Waals surface area contributed by atoms with Gasteiger partial charge in [0.15, 0.2) is 10.9 Å². The normalized spacial score (nSPS) is 11.9. The molecule has 0 unspecified atom stereocenters. The van der Waals surface area contributed by atoms with Gasteiger partial charge in [-0.1, -0.05) is 78.5 Å². The number of methoxy groups -OCH3 is 3. The third-order valence-electron chi connectivity index (χ3n) is 18.9. The average molecular weight is 1920 g/mol. The van der Waals surface area contributed by atoms with Gasteiger partial charge in [0.1, 0.15) is 117 Å². The van der Waals surface area contributed by atoms with Crippen molar-refractivity contribution in [2.75, 3.05) is 57.1 Å². The summed E-state index contributed by atoms with van der Waals surface area (Å²) >= 11 is 30.8. The molecular formula is C98H114Cl4N14O12S3. The zero-order valence-corrected chi connectivity index (χ0v) is 83.4. The summed E-state index contributed by atoms with van der Waals surface area (Å²) in [7, 11) is 4.76. The Bertz CT molecular complexity index is 6390. The van der Waals surface area contributed by atoms with Gasteiger partial charge >= 0.3 is 0 Å². The standard InChI is InChI=1S/C21H24ClN3O3.C21H28N4O2.C20H24ClN3O2S.C19H21ClN2O2S.C17H17ClN2O3S/c1-4-9-26-17-8-7-14-18(28-12(2)3)10-15(24-20(14)19(17)22)16-11-27-21(25-16)23-13-5-6-13;1-6-11-26-16-7-8-17-18(12-16)23-21(13-19(17)27-15(4)5)25-10-9-20(24-25)22-14(2)3;1-10(2)22-20-24-18(12(5)27-20)14-9-16(26-11(3)4)13-7-8-15(25-6)17(21)19(13)23-14;1-5-8-23-15-7-6-13-16(24-11(2)3)9-14(22-18(13)17(15)20)19-21-12(4)10-25-19;1-9(2)23-14-7-11(12-8-24-17(20-12)22-4)19-16-10(14)5-6-13(21-3)15(16)18/h7-8,10-13H,4-6,9H2,1-3H3,(H,23,25);7-10,12-15H,6,11H2,1-5H3,(H,22,24);7-11H,1-6H3,(H,22,24);6-7,9-11H,5,8H2,1-4H3;5-9H,1-4H3. The summed E-state index contributed by atoms with van der Waals surface area (Å²) in [5, 5.41) is 26.9. The number of halogens is 4. The Hall–Kier alpha value is -11.2. The molecular weight excluding hydrogens is 1800 g/mol. The molecule has 0 bridgehead atoms. The van der Waals surface area contributed by atoms with Crippen LogP contribution in [0.5, 0.6) is 62.7 Å². The third-order valence-corrected chi connectivity index (χ3v) is 23.1. The van der Waals surface area contributed by atoms with E-state index in [1.165, 1.54) is 11.3 Å². The molecule has 0 radical (unpaired) electrons. The predicted octanol–water partition coefficient (Wildman–Crippen LogP) is 27.2. The summed E-state index contributed by atoms with van der Waals surface area (Å²) in [5.41, 5.74) is 9.36. The number of pyridine rings is 5. The van der Waals surface area contributed by atoms with Gasteiger partial charge in [-0.05, 0) is 204 Å². The minimum absolute atomic E-state index is 0.0117. The van der Waals surface area contributed by atoms with Gasteiger partial charge in [-0.15, -0.1) is 27.8 Å². The van der Waals surface area contributed by atoms with Crippen molar-refractivity contribution in [2.45, 2.75) is 212 Å². The van der Waals surface area contributed by atoms with E-state index >= 15 is 0 Å². The van der Waals surface area contributed by atoms with E-state index < -0.39 is 0 Å². The highest BCUT2D eigenvalue weighted by Gasteiger charge is 2.27. The van der Waals surface area contributed by atoms with E-state index in [0.717, 1.165) is 131 Å². The molecule has 0 aliphatic heterocycles. The number of fused-ring (bicyclic) bond motifs is 5. The third kappa shape index (κ3) is 25.8. The van der Waals surface area contributed by atoms with Crippen molar-refractivity contribution < 1.29 is 56.5 Å². The lowest BCUT2D eigenvalue weighted by Crippen LogP contribution is -2.11. The summed E-state index contributed by atoms with van der Waals surface area (Å²) < 4.78 is 70.5. The lowest BCUT2D eigenvalue weighted by molar-refractivity contribution is 0.245. The fourth-order valence-electron chi connectivity index (χ4n) is 13.2. The minimum atomic E-state index is 0.0117. The van der Waals surface area contributed by atoms with Gasteiger partial charge < -0.3 is 72.5 Å². The number of aryl methyl sites for hydroxylation is 2. The number of aromatic nitrogens is 11. The number of hydrogen-bond donors (Lipinski definition) is 3. The zero-order chi connectivity index (χ0) is 94.0. The van der Waals surface area contributed by atoms with Crippen molar-refractivity contribution in [3.8, 4) is 113 Å². The van der Waals surface area contributed by atoms with Crippen LogP contribution in [0.3, 0.4) is 0 Å². The van der Waals surface area contributed by atoms with Gasteiger partial charge in [0, 0.05) is 115 Å². The highest BCUT2D eigenvalue weighted by molar-refractivity contribution is 7.16. The number of anilines is 3. The lowest BCUT2D eigenvalue weighted by Gasteiger charge is -2.15. The van der Waals surface area contributed by atoms with Crippen LogP contribution in [0, 0.1) is 13.8 Å². The molecule has 694 valence electrons. The molecule has 26 nitrogen and oxygen atoms in total. The number of rotatable bonds is 33. The lowest BCUT2D eigenvalue weighted by atomic mass is 10.1. The molecule has 5 aromatic carbocycles. The second-order valence-corrected chi connectivity index (χ2v) is 37.1. The Morgan fingerprint density at radius 3 is 1.36 bits per heavy atom. The zero-order valence-electron chi connectivity index (χ0n) is 78.0. The molecule has 1 aliphatic carbocycles. The number of ether oxygens (including phenoxy) is 11. The fraction of sp³-hybridized carbons (Fsp3) is 0.388. The van der Waals surface area contributed by atoms with E-state index in [0.29, 0.717) is 154 Å². The van der Waals surface area contributed by atoms with Crippen molar-refractivity contribution in [3.05, 3.63) is 157 Å². The fourth-order valence-corrected chi connectivity index (χ4v) is 16.7. The molecule has 16 rings (SSSR count). The van der Waals surface area contributed by atoms with E-state index in [-0.39, 0.29) is 30.5 Å². The maximum Gasteiger partial charge on any atom is 0.295 e. The summed E-state index contributed by atoms with van der Waals surface area (Å²) in [6.45, 7) is 40.4. The van der Waals surface area contributed by atoms with Gasteiger partial charge in [0.05, 0.1) is 116 Å². The SMILES string of the molecule is CCCOc1ccc2c(OC(C)C)cc(-c3coc(NC4CC4)n3)nc2c1Cl.CCCOc1ccc2c(OC(C)C)cc(-c3nc(C)cs3)nc2c1Cl.CCCOc1ccc2c(OC(C)C)cc(-n3ccc(NC(C)C)n3)nc2c1.COc1ccc2c(OC(C)C)cc(-c3nc(NC(C)C)sc3C)nc2c1Cl.COc1nc(-c2cc(OC(C)C)c3ccc(OC)c(Cl)c3n2)cs1. The van der Waals surface area contributed by atoms with Gasteiger partial charge in [-0.3, -0.25) is 0 Å². The van der Waals surface area contributed by atoms with E-state index in [2.05, 4.69) is 89.5 Å². The highest BCUT2D eigenvalue weighted by Crippen LogP contribution is 2.46. The molecule has 1 aliphatic rings. The van der Waals surface area contributed by atoms with E-state index in [1.807, 2.05) is 203 Å². The summed E-state index contributed by atoms with van der Waals surface area (Å²) in [4.78, 5) is 43.0. The van der Waals surface area contributed by atoms with Crippen LogP contribution in [0.1, 0.15) is 160 Å². The van der Waals surface area contributed by atoms with E-state index in [9.17, 15) is 0 Å². The van der Waals surface area contributed by atoms with Crippen molar-refractivity contribution >= 4 is 152 Å². The van der Waals surface area contributed by atoms with E-state index in [1.54, 1.807) is 54.9 Å². The molecule has 1 saturated carbocycles. The van der Waals surface area contributed by atoms with Crippen molar-refractivity contribution in [1.82, 2.24) is 54.6 Å². The number of nitrogens with one attached hydrogen (secondary N) is 3. The van der Waals surface area contributed by atoms with E-state index in [4.69, 9.17) is 128 Å². The van der Waals surface area contributed by atoms with Crippen LogP contribution < -0.4 is 68.1 Å².